The van der Waals surface area contributed by atoms with Gasteiger partial charge in [0.15, 0.2) is 26.5 Å². The van der Waals surface area contributed by atoms with Crippen LogP contribution >= 0.6 is 35.0 Å². The SMILES string of the molecule is COc1ccc(CC(=O)N=C2SC3CS(=O)(=O)CC3N2c2cc(Cl)ccc2Cl)cc1OC. The number of amides is 1. The summed E-state index contributed by atoms with van der Waals surface area (Å²) in [5, 5.41) is 1.04. The van der Waals surface area contributed by atoms with Crippen molar-refractivity contribution in [3.63, 3.8) is 0 Å². The van der Waals surface area contributed by atoms with Gasteiger partial charge in [0.1, 0.15) is 0 Å². The minimum absolute atomic E-state index is 0.0277. The summed E-state index contributed by atoms with van der Waals surface area (Å²) >= 11 is 13.9. The second-order valence-corrected chi connectivity index (χ2v) is 11.6. The molecule has 2 aromatic carbocycles. The van der Waals surface area contributed by atoms with Crippen LogP contribution in [0.3, 0.4) is 0 Å². The molecule has 2 saturated heterocycles. The van der Waals surface area contributed by atoms with Crippen molar-refractivity contribution in [1.82, 2.24) is 0 Å². The zero-order valence-electron chi connectivity index (χ0n) is 17.2. The fourth-order valence-corrected chi connectivity index (χ4v) is 8.13. The van der Waals surface area contributed by atoms with Crippen LogP contribution in [-0.4, -0.2) is 56.5 Å². The number of methoxy groups -OCH3 is 2. The summed E-state index contributed by atoms with van der Waals surface area (Å²) in [7, 11) is -0.122. The molecule has 4 rings (SSSR count). The van der Waals surface area contributed by atoms with Gasteiger partial charge in [0, 0.05) is 10.3 Å². The molecule has 1 amide bonds. The zero-order valence-corrected chi connectivity index (χ0v) is 20.4. The monoisotopic (exact) mass is 514 g/mol. The lowest BCUT2D eigenvalue weighted by molar-refractivity contribution is -0.117. The summed E-state index contributed by atoms with van der Waals surface area (Å²) in [5.41, 5.74) is 1.25. The third-order valence-corrected chi connectivity index (χ3v) is 9.02. The van der Waals surface area contributed by atoms with Gasteiger partial charge >= 0.3 is 0 Å². The van der Waals surface area contributed by atoms with Crippen molar-refractivity contribution in [3.05, 3.63) is 52.0 Å². The van der Waals surface area contributed by atoms with Crippen molar-refractivity contribution in [1.29, 1.82) is 0 Å². The van der Waals surface area contributed by atoms with Crippen LogP contribution in [0.1, 0.15) is 5.56 Å². The van der Waals surface area contributed by atoms with E-state index in [4.69, 9.17) is 32.7 Å². The van der Waals surface area contributed by atoms with Crippen molar-refractivity contribution in [2.75, 3.05) is 30.6 Å². The average molecular weight is 515 g/mol. The normalized spacial score (nSPS) is 22.8. The highest BCUT2D eigenvalue weighted by molar-refractivity contribution is 8.16. The van der Waals surface area contributed by atoms with Crippen LogP contribution in [0.4, 0.5) is 5.69 Å². The van der Waals surface area contributed by atoms with Gasteiger partial charge in [-0.25, -0.2) is 8.42 Å². The van der Waals surface area contributed by atoms with E-state index in [1.807, 2.05) is 0 Å². The van der Waals surface area contributed by atoms with Crippen LogP contribution in [0, 0.1) is 0 Å². The molecule has 2 aliphatic heterocycles. The number of benzene rings is 2. The molecule has 11 heteroatoms. The van der Waals surface area contributed by atoms with E-state index in [0.717, 1.165) is 5.56 Å². The number of nitrogens with zero attached hydrogens (tertiary/aromatic N) is 2. The topological polar surface area (TPSA) is 85.3 Å². The first kappa shape index (κ1) is 23.2. The number of rotatable bonds is 5. The van der Waals surface area contributed by atoms with Gasteiger partial charge in [-0.3, -0.25) is 4.79 Å². The fraction of sp³-hybridized carbons (Fsp3) is 0.333. The Balaban J connectivity index is 1.65. The number of carbonyl (C=O) groups excluding carboxylic acids is 1. The lowest BCUT2D eigenvalue weighted by atomic mass is 10.1. The molecule has 32 heavy (non-hydrogen) atoms. The minimum atomic E-state index is -3.19. The molecule has 0 aliphatic carbocycles. The van der Waals surface area contributed by atoms with Crippen molar-refractivity contribution in [3.8, 4) is 11.5 Å². The van der Waals surface area contributed by atoms with Crippen molar-refractivity contribution in [2.24, 2.45) is 4.99 Å². The summed E-state index contributed by atoms with van der Waals surface area (Å²) in [6.07, 6.45) is 0.0508. The number of hydrogen-bond acceptors (Lipinski definition) is 6. The fourth-order valence-electron chi connectivity index (χ4n) is 3.83. The number of carbonyl (C=O) groups is 1. The van der Waals surface area contributed by atoms with Gasteiger partial charge in [-0.2, -0.15) is 4.99 Å². The Bertz CT molecular complexity index is 1200. The highest BCUT2D eigenvalue weighted by atomic mass is 35.5. The lowest BCUT2D eigenvalue weighted by Gasteiger charge is -2.25. The Kier molecular flexibility index (Phi) is 6.63. The van der Waals surface area contributed by atoms with Crippen molar-refractivity contribution in [2.45, 2.75) is 17.7 Å². The summed E-state index contributed by atoms with van der Waals surface area (Å²) in [5.74, 6) is 0.715. The van der Waals surface area contributed by atoms with Gasteiger partial charge in [0.25, 0.3) is 5.91 Å². The number of hydrogen-bond donors (Lipinski definition) is 0. The average Bonchev–Trinajstić information content (AvgIpc) is 3.20. The third-order valence-electron chi connectivity index (χ3n) is 5.26. The van der Waals surface area contributed by atoms with E-state index in [0.29, 0.717) is 32.4 Å². The number of halogens is 2. The Morgan fingerprint density at radius 1 is 1.12 bits per heavy atom. The first-order valence-corrected chi connectivity index (χ1v) is 13.1. The number of amidine groups is 1. The second kappa shape index (κ2) is 9.13. The molecule has 7 nitrogen and oxygen atoms in total. The zero-order chi connectivity index (χ0) is 23.0. The quantitative estimate of drug-likeness (QED) is 0.598. The van der Waals surface area contributed by atoms with Gasteiger partial charge in [-0.15, -0.1) is 0 Å². The number of thioether (sulfide) groups is 1. The van der Waals surface area contributed by atoms with Crippen molar-refractivity contribution >= 4 is 61.6 Å². The van der Waals surface area contributed by atoms with Gasteiger partial charge in [0.2, 0.25) is 0 Å². The standard InChI is InChI=1S/C21H20Cl2N2O5S2/c1-29-17-6-3-12(7-18(17)30-2)8-20(26)24-21-25(15-9-13(22)4-5-14(15)23)16-10-32(27,28)11-19(16)31-21/h3-7,9,16,19H,8,10-11H2,1-2H3. The first-order valence-electron chi connectivity index (χ1n) is 9.64. The van der Waals surface area contributed by atoms with Crippen LogP contribution in [0.25, 0.3) is 0 Å². The Hall–Kier alpha value is -1.94. The Labute approximate surface area is 200 Å². The van der Waals surface area contributed by atoms with Crippen LogP contribution < -0.4 is 14.4 Å². The van der Waals surface area contributed by atoms with E-state index in [2.05, 4.69) is 4.99 Å². The number of sulfone groups is 1. The molecule has 2 aromatic rings. The summed E-state index contributed by atoms with van der Waals surface area (Å²) in [6, 6.07) is 9.81. The Morgan fingerprint density at radius 2 is 1.88 bits per heavy atom. The van der Waals surface area contributed by atoms with E-state index in [1.165, 1.54) is 18.9 Å². The molecule has 170 valence electrons. The third kappa shape index (κ3) is 4.71. The highest BCUT2D eigenvalue weighted by Gasteiger charge is 2.49. The molecule has 0 bridgehead atoms. The summed E-state index contributed by atoms with van der Waals surface area (Å²) in [6.45, 7) is 0. The largest absolute Gasteiger partial charge is 0.493 e. The number of fused-ring (bicyclic) bond motifs is 1. The lowest BCUT2D eigenvalue weighted by Crippen LogP contribution is -2.38. The molecule has 0 aromatic heterocycles. The van der Waals surface area contributed by atoms with E-state index >= 15 is 0 Å². The maximum absolute atomic E-state index is 12.8. The molecular formula is C21H20Cl2N2O5S2. The van der Waals surface area contributed by atoms with Gasteiger partial charge in [-0.05, 0) is 35.9 Å². The molecule has 0 N–H and O–H groups in total. The molecule has 0 radical (unpaired) electrons. The van der Waals surface area contributed by atoms with Crippen LogP contribution in [0.2, 0.25) is 10.0 Å². The molecular weight excluding hydrogens is 495 g/mol. The van der Waals surface area contributed by atoms with Gasteiger partial charge in [0.05, 0.1) is 48.9 Å². The van der Waals surface area contributed by atoms with Crippen molar-refractivity contribution < 1.29 is 22.7 Å². The van der Waals surface area contributed by atoms with Gasteiger partial charge < -0.3 is 14.4 Å². The highest BCUT2D eigenvalue weighted by Crippen LogP contribution is 2.43. The smallest absolute Gasteiger partial charge is 0.252 e. The number of anilines is 1. The number of ether oxygens (including phenoxy) is 2. The van der Waals surface area contributed by atoms with E-state index < -0.39 is 9.84 Å². The predicted molar refractivity (Wildman–Crippen MR) is 128 cm³/mol. The summed E-state index contributed by atoms with van der Waals surface area (Å²) in [4.78, 5) is 18.9. The maximum Gasteiger partial charge on any atom is 0.252 e. The molecule has 2 atom stereocenters. The molecule has 2 aliphatic rings. The molecule has 2 fully saturated rings. The Morgan fingerprint density at radius 3 is 2.59 bits per heavy atom. The van der Waals surface area contributed by atoms with Crippen LogP contribution in [-0.2, 0) is 21.1 Å². The van der Waals surface area contributed by atoms with Gasteiger partial charge in [-0.1, -0.05) is 41.0 Å². The first-order chi connectivity index (χ1) is 15.2. The number of aliphatic imine (C=N–C) groups is 1. The van der Waals surface area contributed by atoms with Crippen LogP contribution in [0.5, 0.6) is 11.5 Å². The molecule has 0 spiro atoms. The van der Waals surface area contributed by atoms with E-state index in [9.17, 15) is 13.2 Å². The van der Waals surface area contributed by atoms with E-state index in [-0.39, 0.29) is 35.1 Å². The maximum atomic E-state index is 12.8. The molecule has 2 unspecified atom stereocenters. The predicted octanol–water partition coefficient (Wildman–Crippen LogP) is 3.85. The minimum Gasteiger partial charge on any atom is -0.493 e. The molecule has 2 heterocycles. The van der Waals surface area contributed by atoms with E-state index in [1.54, 1.807) is 48.4 Å². The molecule has 0 saturated carbocycles. The second-order valence-electron chi connectivity index (χ2n) is 7.42. The summed E-state index contributed by atoms with van der Waals surface area (Å²) < 4.78 is 35.0. The van der Waals surface area contributed by atoms with Crippen LogP contribution in [0.15, 0.2) is 41.4 Å².